The van der Waals surface area contributed by atoms with Gasteiger partial charge in [0, 0.05) is 44.4 Å². The first-order chi connectivity index (χ1) is 22.4. The molecule has 4 heterocycles. The van der Waals surface area contributed by atoms with E-state index in [9.17, 15) is 4.79 Å². The van der Waals surface area contributed by atoms with Gasteiger partial charge in [-0.25, -0.2) is 15.0 Å². The van der Waals surface area contributed by atoms with E-state index in [2.05, 4.69) is 37.0 Å². The van der Waals surface area contributed by atoms with E-state index >= 15 is 0 Å². The number of halogens is 2. The molecule has 6 rings (SSSR count). The van der Waals surface area contributed by atoms with Gasteiger partial charge in [0.15, 0.2) is 5.82 Å². The van der Waals surface area contributed by atoms with Crippen LogP contribution in [0.25, 0.3) is 0 Å². The van der Waals surface area contributed by atoms with Crippen LogP contribution in [0.1, 0.15) is 24.8 Å². The second-order valence-electron chi connectivity index (χ2n) is 11.5. The molecule has 1 aromatic heterocycles. The Hall–Kier alpha value is -3.61. The third-order valence-corrected chi connectivity index (χ3v) is 9.63. The van der Waals surface area contributed by atoms with Gasteiger partial charge in [-0.3, -0.25) is 14.5 Å². The van der Waals surface area contributed by atoms with Crippen molar-refractivity contribution in [2.24, 2.45) is 0 Å². The molecule has 0 bridgehead atoms. The van der Waals surface area contributed by atoms with E-state index in [-0.39, 0.29) is 11.9 Å². The number of hydroxylamine groups is 1. The summed E-state index contributed by atoms with van der Waals surface area (Å²) in [5, 5.41) is 9.26. The Morgan fingerprint density at radius 3 is 2.63 bits per heavy atom. The van der Waals surface area contributed by atoms with Gasteiger partial charge in [-0.15, -0.1) is 0 Å². The molecule has 1 amide bonds. The molecule has 3 aliphatic rings. The monoisotopic (exact) mass is 667 g/mol. The molecule has 11 nitrogen and oxygen atoms in total. The van der Waals surface area contributed by atoms with E-state index in [1.165, 1.54) is 12.4 Å². The van der Waals surface area contributed by atoms with E-state index in [1.54, 1.807) is 18.2 Å². The molecule has 3 aliphatic heterocycles. The lowest BCUT2D eigenvalue weighted by Gasteiger charge is -2.41. The summed E-state index contributed by atoms with van der Waals surface area (Å²) in [5.74, 6) is 1.48. The lowest BCUT2D eigenvalue weighted by molar-refractivity contribution is -0.111. The van der Waals surface area contributed by atoms with E-state index in [0.29, 0.717) is 57.9 Å². The number of morpholine rings is 1. The number of benzene rings is 2. The smallest absolute Gasteiger partial charge is 0.247 e. The predicted octanol–water partition coefficient (Wildman–Crippen LogP) is 5.71. The fraction of sp³-hybridized carbons (Fsp3) is 0.424. The molecule has 244 valence electrons. The first-order valence-corrected chi connectivity index (χ1v) is 16.4. The molecule has 0 saturated carbocycles. The minimum Gasteiger partial charge on any atom is -0.494 e. The van der Waals surface area contributed by atoms with Crippen molar-refractivity contribution in [1.29, 1.82) is 0 Å². The van der Waals surface area contributed by atoms with Crippen molar-refractivity contribution in [2.75, 3.05) is 73.7 Å². The van der Waals surface area contributed by atoms with Gasteiger partial charge in [-0.2, -0.15) is 0 Å². The maximum absolute atomic E-state index is 12.5. The average Bonchev–Trinajstić information content (AvgIpc) is 3.56. The third kappa shape index (κ3) is 7.34. The summed E-state index contributed by atoms with van der Waals surface area (Å²) >= 11 is 12.7. The highest BCUT2D eigenvalue weighted by molar-refractivity contribution is 6.42. The van der Waals surface area contributed by atoms with Crippen LogP contribution < -0.4 is 25.3 Å². The molecular weight excluding hydrogens is 629 g/mol. The highest BCUT2D eigenvalue weighted by Gasteiger charge is 2.30. The van der Waals surface area contributed by atoms with Crippen LogP contribution in [0.5, 0.6) is 5.75 Å². The van der Waals surface area contributed by atoms with Gasteiger partial charge in [0.1, 0.15) is 17.9 Å². The minimum atomic E-state index is -0.290. The topological polar surface area (TPSA) is 104 Å². The number of carbonyl (C=O) groups excluding carboxylic acids is 1. The number of nitrogens with zero attached hydrogens (tertiary/aromatic N) is 5. The molecule has 3 aromatic rings. The molecule has 0 radical (unpaired) electrons. The number of amides is 1. The second-order valence-corrected chi connectivity index (χ2v) is 12.3. The molecule has 1 atom stereocenters. The van der Waals surface area contributed by atoms with Crippen LogP contribution in [0.2, 0.25) is 10.0 Å². The summed E-state index contributed by atoms with van der Waals surface area (Å²) in [6.07, 6.45) is 6.28. The number of aromatic nitrogens is 2. The molecule has 3 saturated heterocycles. The number of nitrogens with one attached hydrogen (secondary N) is 2. The lowest BCUT2D eigenvalue weighted by atomic mass is 10.0. The molecule has 46 heavy (non-hydrogen) atoms. The highest BCUT2D eigenvalue weighted by atomic mass is 35.5. The third-order valence-electron chi connectivity index (χ3n) is 8.77. The van der Waals surface area contributed by atoms with Crippen molar-refractivity contribution in [2.45, 2.75) is 37.8 Å². The Labute approximate surface area is 279 Å². The van der Waals surface area contributed by atoms with Crippen LogP contribution in [0.4, 0.5) is 28.7 Å². The fourth-order valence-corrected chi connectivity index (χ4v) is 6.77. The van der Waals surface area contributed by atoms with Crippen molar-refractivity contribution in [3.05, 3.63) is 71.0 Å². The molecule has 2 N–H and O–H groups in total. The summed E-state index contributed by atoms with van der Waals surface area (Å²) in [7, 11) is 1.63. The van der Waals surface area contributed by atoms with Crippen molar-refractivity contribution in [3.63, 3.8) is 0 Å². The van der Waals surface area contributed by atoms with Crippen LogP contribution in [-0.2, 0) is 20.8 Å². The van der Waals surface area contributed by atoms with Gasteiger partial charge in [-0.1, -0.05) is 41.9 Å². The van der Waals surface area contributed by atoms with E-state index in [4.69, 9.17) is 37.5 Å². The van der Waals surface area contributed by atoms with Crippen LogP contribution in [0.15, 0.2) is 55.4 Å². The summed E-state index contributed by atoms with van der Waals surface area (Å²) in [5.41, 5.74) is 3.15. The standard InChI is InChI=1S/C33H39Cl2N7O4/c1-3-32(43)39-26-18-27(29(44-2)19-28(26)41-10-7-23(8-11-41)40-12-15-45-16-13-40)38-30-20-31(37-21-36-30)42-24(9-14-46-42)17-22-5-4-6-25(34)33(22)35/h3-6,18-21,23-24H,1,7-17H2,2H3,(H,39,43)(H,36,37,38). The number of methoxy groups -OCH3 is 1. The minimum absolute atomic E-state index is 0.0145. The van der Waals surface area contributed by atoms with E-state index in [1.807, 2.05) is 30.3 Å². The summed E-state index contributed by atoms with van der Waals surface area (Å²) in [4.78, 5) is 32.3. The molecule has 0 aliphatic carbocycles. The molecule has 1 unspecified atom stereocenters. The van der Waals surface area contributed by atoms with Crippen molar-refractivity contribution in [3.8, 4) is 5.75 Å². The van der Waals surface area contributed by atoms with Gasteiger partial charge >= 0.3 is 0 Å². The summed E-state index contributed by atoms with van der Waals surface area (Å²) in [6, 6.07) is 11.9. The number of piperidine rings is 1. The zero-order valence-corrected chi connectivity index (χ0v) is 27.4. The second kappa shape index (κ2) is 14.9. The number of rotatable bonds is 10. The summed E-state index contributed by atoms with van der Waals surface area (Å²) in [6.45, 7) is 9.47. The molecule has 0 spiro atoms. The Morgan fingerprint density at radius 1 is 1.07 bits per heavy atom. The zero-order chi connectivity index (χ0) is 32.0. The van der Waals surface area contributed by atoms with Crippen LogP contribution in [-0.4, -0.2) is 86.0 Å². The van der Waals surface area contributed by atoms with Crippen molar-refractivity contribution >= 4 is 57.8 Å². The highest BCUT2D eigenvalue weighted by Crippen LogP contribution is 2.40. The van der Waals surface area contributed by atoms with E-state index < -0.39 is 0 Å². The normalized spacial score (nSPS) is 19.2. The van der Waals surface area contributed by atoms with Crippen molar-refractivity contribution in [1.82, 2.24) is 14.9 Å². The fourth-order valence-electron chi connectivity index (χ4n) is 6.38. The molecule has 13 heteroatoms. The van der Waals surface area contributed by atoms with Gasteiger partial charge in [0.2, 0.25) is 5.91 Å². The quantitative estimate of drug-likeness (QED) is 0.261. The summed E-state index contributed by atoms with van der Waals surface area (Å²) < 4.78 is 11.4. The largest absolute Gasteiger partial charge is 0.494 e. The predicted molar refractivity (Wildman–Crippen MR) is 182 cm³/mol. The Morgan fingerprint density at radius 2 is 1.87 bits per heavy atom. The van der Waals surface area contributed by atoms with Crippen LogP contribution >= 0.6 is 23.2 Å². The zero-order valence-electron chi connectivity index (χ0n) is 25.9. The van der Waals surface area contributed by atoms with Crippen LogP contribution in [0.3, 0.4) is 0 Å². The van der Waals surface area contributed by atoms with Gasteiger partial charge in [0.25, 0.3) is 0 Å². The Balaban J connectivity index is 1.21. The average molecular weight is 669 g/mol. The maximum atomic E-state index is 12.5. The Kier molecular flexibility index (Phi) is 10.5. The number of ether oxygens (including phenoxy) is 2. The Bertz CT molecular complexity index is 1550. The molecule has 3 fully saturated rings. The number of anilines is 5. The maximum Gasteiger partial charge on any atom is 0.247 e. The van der Waals surface area contributed by atoms with Gasteiger partial charge < -0.3 is 25.0 Å². The van der Waals surface area contributed by atoms with Crippen LogP contribution in [0, 0.1) is 0 Å². The number of carbonyl (C=O) groups is 1. The SMILES string of the molecule is C=CC(=O)Nc1cc(Nc2cc(N3OCCC3Cc3cccc(Cl)c3Cl)ncn2)c(OC)cc1N1CCC(N2CCOCC2)CC1. The first kappa shape index (κ1) is 32.3. The number of hydrogen-bond acceptors (Lipinski definition) is 10. The van der Waals surface area contributed by atoms with E-state index in [0.717, 1.165) is 69.9 Å². The molecular formula is C33H39Cl2N7O4. The van der Waals surface area contributed by atoms with Crippen molar-refractivity contribution < 1.29 is 19.1 Å². The number of hydrogen-bond donors (Lipinski definition) is 2. The molecule has 2 aromatic carbocycles. The van der Waals surface area contributed by atoms with Gasteiger partial charge in [-0.05, 0) is 49.5 Å². The lowest BCUT2D eigenvalue weighted by Crippen LogP contribution is -2.49. The first-order valence-electron chi connectivity index (χ1n) is 15.6. The van der Waals surface area contributed by atoms with Gasteiger partial charge in [0.05, 0.1) is 60.1 Å².